The van der Waals surface area contributed by atoms with Crippen molar-refractivity contribution in [2.24, 2.45) is 4.99 Å². The molecule has 0 aliphatic heterocycles. The van der Waals surface area contributed by atoms with Crippen molar-refractivity contribution in [3.63, 3.8) is 0 Å². The molecule has 2 rings (SSSR count). The molecular formula is C23H32FN3O3. The molecule has 0 amide bonds. The molecule has 0 saturated heterocycles. The van der Waals surface area contributed by atoms with Gasteiger partial charge in [-0.3, -0.25) is 0 Å². The summed E-state index contributed by atoms with van der Waals surface area (Å²) in [6, 6.07) is 11.0. The number of ether oxygens (including phenoxy) is 3. The van der Waals surface area contributed by atoms with Crippen LogP contribution >= 0.6 is 0 Å². The van der Waals surface area contributed by atoms with Crippen LogP contribution in [-0.2, 0) is 17.8 Å². The molecule has 0 aromatic heterocycles. The van der Waals surface area contributed by atoms with Gasteiger partial charge in [-0.05, 0) is 50.1 Å². The molecule has 2 aromatic rings. The molecule has 0 spiro atoms. The maximum atomic E-state index is 13.9. The van der Waals surface area contributed by atoms with E-state index < -0.39 is 5.82 Å². The first-order valence-electron chi connectivity index (χ1n) is 10.2. The summed E-state index contributed by atoms with van der Waals surface area (Å²) in [5, 5.41) is 6.53. The Labute approximate surface area is 178 Å². The lowest BCUT2D eigenvalue weighted by atomic mass is 10.1. The Morgan fingerprint density at radius 2 is 1.87 bits per heavy atom. The van der Waals surface area contributed by atoms with Gasteiger partial charge in [-0.1, -0.05) is 18.2 Å². The first-order chi connectivity index (χ1) is 14.6. The summed E-state index contributed by atoms with van der Waals surface area (Å²) >= 11 is 0. The zero-order valence-corrected chi connectivity index (χ0v) is 18.3. The van der Waals surface area contributed by atoms with Crippen molar-refractivity contribution >= 4 is 5.96 Å². The second kappa shape index (κ2) is 12.7. The minimum atomic E-state index is -0.392. The van der Waals surface area contributed by atoms with E-state index in [1.54, 1.807) is 12.1 Å². The fourth-order valence-electron chi connectivity index (χ4n) is 2.80. The minimum absolute atomic E-state index is 0.226. The van der Waals surface area contributed by atoms with Crippen LogP contribution in [0.3, 0.4) is 0 Å². The van der Waals surface area contributed by atoms with E-state index in [2.05, 4.69) is 21.7 Å². The highest BCUT2D eigenvalue weighted by Gasteiger charge is 2.07. The number of halogens is 1. The van der Waals surface area contributed by atoms with Crippen molar-refractivity contribution in [1.82, 2.24) is 10.6 Å². The third-order valence-electron chi connectivity index (χ3n) is 4.34. The third-order valence-corrected chi connectivity index (χ3v) is 4.34. The van der Waals surface area contributed by atoms with Crippen LogP contribution in [0.1, 0.15) is 30.5 Å². The van der Waals surface area contributed by atoms with Gasteiger partial charge in [0.1, 0.15) is 12.4 Å². The zero-order chi connectivity index (χ0) is 21.8. The van der Waals surface area contributed by atoms with Crippen LogP contribution in [0.4, 0.5) is 4.39 Å². The van der Waals surface area contributed by atoms with E-state index in [4.69, 9.17) is 14.2 Å². The highest BCUT2D eigenvalue weighted by Crippen LogP contribution is 2.20. The number of hydrogen-bond acceptors (Lipinski definition) is 4. The first kappa shape index (κ1) is 23.5. The molecule has 6 nitrogen and oxygen atoms in total. The number of nitrogens with zero attached hydrogens (tertiary/aromatic N) is 1. The predicted octanol–water partition coefficient (Wildman–Crippen LogP) is 3.81. The molecule has 0 aliphatic carbocycles. The largest absolute Gasteiger partial charge is 0.494 e. The van der Waals surface area contributed by atoms with Gasteiger partial charge in [-0.2, -0.15) is 0 Å². The molecular weight excluding hydrogens is 385 g/mol. The second-order valence-electron chi connectivity index (χ2n) is 6.67. The number of rotatable bonds is 11. The van der Waals surface area contributed by atoms with Crippen LogP contribution in [-0.4, -0.2) is 39.4 Å². The number of benzene rings is 2. The van der Waals surface area contributed by atoms with Crippen LogP contribution in [0.5, 0.6) is 11.5 Å². The molecule has 30 heavy (non-hydrogen) atoms. The lowest BCUT2D eigenvalue weighted by molar-refractivity contribution is 0.110. The zero-order valence-electron chi connectivity index (χ0n) is 18.3. The Morgan fingerprint density at radius 1 is 1.03 bits per heavy atom. The fraction of sp³-hybridized carbons (Fsp3) is 0.435. The Morgan fingerprint density at radius 3 is 2.57 bits per heavy atom. The average molecular weight is 418 g/mol. The van der Waals surface area contributed by atoms with Gasteiger partial charge in [-0.15, -0.1) is 0 Å². The van der Waals surface area contributed by atoms with Crippen molar-refractivity contribution in [2.75, 3.05) is 33.5 Å². The summed E-state index contributed by atoms with van der Waals surface area (Å²) < 4.78 is 30.1. The molecule has 0 atom stereocenters. The quantitative estimate of drug-likeness (QED) is 0.331. The fourth-order valence-corrected chi connectivity index (χ4v) is 2.80. The highest BCUT2D eigenvalue weighted by atomic mass is 19.1. The molecule has 0 heterocycles. The molecule has 0 bridgehead atoms. The van der Waals surface area contributed by atoms with E-state index >= 15 is 0 Å². The van der Waals surface area contributed by atoms with Gasteiger partial charge in [0.2, 0.25) is 0 Å². The monoisotopic (exact) mass is 417 g/mol. The lowest BCUT2D eigenvalue weighted by Gasteiger charge is -2.15. The van der Waals surface area contributed by atoms with E-state index in [1.807, 2.05) is 32.9 Å². The molecule has 164 valence electrons. The molecule has 0 radical (unpaired) electrons. The van der Waals surface area contributed by atoms with Crippen LogP contribution in [0.2, 0.25) is 0 Å². The summed E-state index contributed by atoms with van der Waals surface area (Å²) in [5.41, 5.74) is 2.92. The molecule has 2 N–H and O–H groups in total. The van der Waals surface area contributed by atoms with Gasteiger partial charge in [0.15, 0.2) is 17.5 Å². The van der Waals surface area contributed by atoms with E-state index in [0.717, 1.165) is 22.4 Å². The van der Waals surface area contributed by atoms with Crippen LogP contribution in [0.15, 0.2) is 41.4 Å². The van der Waals surface area contributed by atoms with Gasteiger partial charge < -0.3 is 24.8 Å². The van der Waals surface area contributed by atoms with Gasteiger partial charge in [0.25, 0.3) is 0 Å². The van der Waals surface area contributed by atoms with Gasteiger partial charge in [-0.25, -0.2) is 9.38 Å². The van der Waals surface area contributed by atoms with Crippen LogP contribution in [0.25, 0.3) is 0 Å². The SMILES string of the molecule is CCNC(=NCc1ccc(OC)c(F)c1)NCc1ccc(C)cc1OCCOCC. The summed E-state index contributed by atoms with van der Waals surface area (Å²) in [4.78, 5) is 4.56. The van der Waals surface area contributed by atoms with E-state index in [9.17, 15) is 4.39 Å². The Kier molecular flexibility index (Phi) is 9.94. The number of aliphatic imine (C=N–C) groups is 1. The van der Waals surface area contributed by atoms with Crippen molar-refractivity contribution in [2.45, 2.75) is 33.9 Å². The second-order valence-corrected chi connectivity index (χ2v) is 6.67. The maximum absolute atomic E-state index is 13.9. The van der Waals surface area contributed by atoms with Crippen molar-refractivity contribution in [3.8, 4) is 11.5 Å². The van der Waals surface area contributed by atoms with Crippen LogP contribution < -0.4 is 20.1 Å². The number of hydrogen-bond donors (Lipinski definition) is 2. The van der Waals surface area contributed by atoms with Crippen molar-refractivity contribution < 1.29 is 18.6 Å². The maximum Gasteiger partial charge on any atom is 0.191 e. The normalized spacial score (nSPS) is 11.3. The Balaban J connectivity index is 2.03. The number of methoxy groups -OCH3 is 1. The van der Waals surface area contributed by atoms with Crippen molar-refractivity contribution in [1.29, 1.82) is 0 Å². The lowest BCUT2D eigenvalue weighted by Crippen LogP contribution is -2.36. The summed E-state index contributed by atoms with van der Waals surface area (Å²) in [6.45, 7) is 9.34. The van der Waals surface area contributed by atoms with E-state index in [-0.39, 0.29) is 5.75 Å². The average Bonchev–Trinajstić information content (AvgIpc) is 2.74. The summed E-state index contributed by atoms with van der Waals surface area (Å²) in [7, 11) is 1.45. The summed E-state index contributed by atoms with van der Waals surface area (Å²) in [5.74, 6) is 1.31. The third kappa shape index (κ3) is 7.55. The van der Waals surface area contributed by atoms with E-state index in [0.29, 0.717) is 45.4 Å². The van der Waals surface area contributed by atoms with Gasteiger partial charge >= 0.3 is 0 Å². The molecule has 0 unspecified atom stereocenters. The molecule has 7 heteroatoms. The van der Waals surface area contributed by atoms with E-state index in [1.165, 1.54) is 13.2 Å². The van der Waals surface area contributed by atoms with Gasteiger partial charge in [0, 0.05) is 25.3 Å². The molecule has 0 fully saturated rings. The smallest absolute Gasteiger partial charge is 0.191 e. The number of nitrogens with one attached hydrogen (secondary N) is 2. The molecule has 0 saturated carbocycles. The number of aryl methyl sites for hydroxylation is 1. The number of guanidine groups is 1. The summed E-state index contributed by atoms with van der Waals surface area (Å²) in [6.07, 6.45) is 0. The Hall–Kier alpha value is -2.80. The van der Waals surface area contributed by atoms with Crippen molar-refractivity contribution in [3.05, 3.63) is 58.9 Å². The highest BCUT2D eigenvalue weighted by molar-refractivity contribution is 5.79. The standard InChI is InChI=1S/C23H32FN3O3/c1-5-25-23(26-15-18-8-10-21(28-4)20(24)14-18)27-16-19-9-7-17(3)13-22(19)30-12-11-29-6-2/h7-10,13-14H,5-6,11-12,15-16H2,1-4H3,(H2,25,26,27). The predicted molar refractivity (Wildman–Crippen MR) is 118 cm³/mol. The van der Waals surface area contributed by atoms with Crippen LogP contribution in [0, 0.1) is 12.7 Å². The molecule has 2 aromatic carbocycles. The molecule has 0 aliphatic rings. The first-order valence-corrected chi connectivity index (χ1v) is 10.2. The van der Waals surface area contributed by atoms with Gasteiger partial charge in [0.05, 0.1) is 20.3 Å². The topological polar surface area (TPSA) is 64.1 Å². The Bertz CT molecular complexity index is 827. The minimum Gasteiger partial charge on any atom is -0.494 e.